The van der Waals surface area contributed by atoms with Crippen molar-refractivity contribution < 1.29 is 10.2 Å². The lowest BCUT2D eigenvalue weighted by Crippen LogP contribution is -2.42. The molecule has 16 heavy (non-hydrogen) atoms. The topological polar surface area (TPSA) is 56.1 Å². The fourth-order valence-electron chi connectivity index (χ4n) is 2.08. The number of hydrogen-bond acceptors (Lipinski definition) is 4. The van der Waals surface area contributed by atoms with E-state index in [1.807, 2.05) is 6.92 Å². The molecule has 1 aliphatic heterocycles. The molecular weight excluding hydrogens is 204 g/mol. The van der Waals surface area contributed by atoms with Crippen LogP contribution < -0.4 is 0 Å². The number of rotatable bonds is 4. The molecule has 0 bridgehead atoms. The molecule has 0 saturated carbocycles. The van der Waals surface area contributed by atoms with Crippen molar-refractivity contribution in [1.29, 1.82) is 0 Å². The highest BCUT2D eigenvalue weighted by molar-refractivity contribution is 5.84. The van der Waals surface area contributed by atoms with E-state index in [0.717, 1.165) is 18.7 Å². The number of aliphatic hydroxyl groups is 2. The van der Waals surface area contributed by atoms with Gasteiger partial charge in [0.05, 0.1) is 6.54 Å². The Morgan fingerprint density at radius 1 is 1.31 bits per heavy atom. The van der Waals surface area contributed by atoms with Gasteiger partial charge in [0.2, 0.25) is 0 Å². The fraction of sp³-hybridized carbons (Fsp3) is 0.750. The van der Waals surface area contributed by atoms with Crippen molar-refractivity contribution in [2.24, 2.45) is 10.9 Å². The maximum atomic E-state index is 9.53. The first-order valence-corrected chi connectivity index (χ1v) is 5.91. The van der Waals surface area contributed by atoms with E-state index in [0.29, 0.717) is 18.5 Å². The first-order valence-electron chi connectivity index (χ1n) is 5.91. The van der Waals surface area contributed by atoms with Crippen LogP contribution in [0, 0.1) is 5.92 Å². The minimum atomic E-state index is -0.232. The molecule has 0 radical (unpaired) electrons. The zero-order valence-electron chi connectivity index (χ0n) is 10.6. The van der Waals surface area contributed by atoms with Crippen LogP contribution in [0.2, 0.25) is 0 Å². The Morgan fingerprint density at radius 2 is 1.94 bits per heavy atom. The lowest BCUT2D eigenvalue weighted by Gasteiger charge is -2.34. The molecule has 92 valence electrons. The van der Waals surface area contributed by atoms with Gasteiger partial charge in [-0.2, -0.15) is 4.99 Å². The summed E-state index contributed by atoms with van der Waals surface area (Å²) in [4.78, 5) is 6.08. The monoisotopic (exact) mass is 226 g/mol. The molecule has 0 aliphatic carbocycles. The highest BCUT2D eigenvalue weighted by Gasteiger charge is 2.24. The summed E-state index contributed by atoms with van der Waals surface area (Å²) in [6, 6.07) is 0.328. The van der Waals surface area contributed by atoms with Gasteiger partial charge in [-0.1, -0.05) is 20.8 Å². The zero-order valence-corrected chi connectivity index (χ0v) is 10.6. The molecule has 1 aliphatic rings. The number of aliphatic imine (C=N–C) groups is 1. The van der Waals surface area contributed by atoms with Gasteiger partial charge >= 0.3 is 0 Å². The molecule has 0 fully saturated rings. The van der Waals surface area contributed by atoms with Crippen molar-refractivity contribution in [1.82, 2.24) is 4.90 Å². The summed E-state index contributed by atoms with van der Waals surface area (Å²) in [5.74, 6) is 1.19. The Balaban J connectivity index is 2.79. The van der Waals surface area contributed by atoms with Crippen LogP contribution >= 0.6 is 0 Å². The molecule has 0 saturated heterocycles. The Morgan fingerprint density at radius 3 is 2.44 bits per heavy atom. The van der Waals surface area contributed by atoms with Gasteiger partial charge in [0.1, 0.15) is 5.84 Å². The summed E-state index contributed by atoms with van der Waals surface area (Å²) >= 11 is 0. The van der Waals surface area contributed by atoms with Crippen LogP contribution in [-0.4, -0.2) is 33.5 Å². The van der Waals surface area contributed by atoms with Crippen LogP contribution in [0.25, 0.3) is 0 Å². The van der Waals surface area contributed by atoms with E-state index < -0.39 is 0 Å². The van der Waals surface area contributed by atoms with Crippen molar-refractivity contribution >= 4 is 5.84 Å². The third kappa shape index (κ3) is 2.90. The van der Waals surface area contributed by atoms with Gasteiger partial charge in [0, 0.05) is 12.5 Å². The predicted molar refractivity (Wildman–Crippen MR) is 65.6 cm³/mol. The minimum Gasteiger partial charge on any atom is -0.506 e. The molecule has 4 nitrogen and oxygen atoms in total. The van der Waals surface area contributed by atoms with Crippen LogP contribution in [0.4, 0.5) is 0 Å². The average molecular weight is 226 g/mol. The van der Waals surface area contributed by atoms with Crippen molar-refractivity contribution in [2.45, 2.75) is 46.6 Å². The van der Waals surface area contributed by atoms with Gasteiger partial charge in [-0.15, -0.1) is 0 Å². The van der Waals surface area contributed by atoms with E-state index in [1.165, 1.54) is 0 Å². The maximum Gasteiger partial charge on any atom is 0.253 e. The molecule has 1 atom stereocenters. The summed E-state index contributed by atoms with van der Waals surface area (Å²) in [7, 11) is 0. The van der Waals surface area contributed by atoms with Gasteiger partial charge in [-0.3, -0.25) is 0 Å². The molecular formula is C12H22N2O2. The minimum absolute atomic E-state index is 0.0344. The van der Waals surface area contributed by atoms with Gasteiger partial charge in [-0.25, -0.2) is 0 Å². The number of amidine groups is 1. The molecule has 1 unspecified atom stereocenters. The van der Waals surface area contributed by atoms with E-state index in [9.17, 15) is 10.2 Å². The number of aliphatic hydroxyl groups excluding tert-OH is 2. The lowest BCUT2D eigenvalue weighted by molar-refractivity contribution is 0.226. The van der Waals surface area contributed by atoms with E-state index in [4.69, 9.17) is 0 Å². The fourth-order valence-corrected chi connectivity index (χ4v) is 2.08. The summed E-state index contributed by atoms with van der Waals surface area (Å²) in [5, 5.41) is 18.9. The van der Waals surface area contributed by atoms with E-state index in [1.54, 1.807) is 0 Å². The molecule has 1 rings (SSSR count). The van der Waals surface area contributed by atoms with Crippen LogP contribution in [0.15, 0.2) is 16.6 Å². The highest BCUT2D eigenvalue weighted by Crippen LogP contribution is 2.19. The third-order valence-electron chi connectivity index (χ3n) is 2.81. The van der Waals surface area contributed by atoms with Crippen molar-refractivity contribution in [3.63, 3.8) is 0 Å². The largest absolute Gasteiger partial charge is 0.506 e. The van der Waals surface area contributed by atoms with Crippen LogP contribution in [-0.2, 0) is 0 Å². The number of nitrogens with zero attached hydrogens (tertiary/aromatic N) is 2. The quantitative estimate of drug-likeness (QED) is 0.775. The predicted octanol–water partition coefficient (Wildman–Crippen LogP) is 2.83. The summed E-state index contributed by atoms with van der Waals surface area (Å²) in [5.41, 5.74) is 0. The van der Waals surface area contributed by atoms with Crippen LogP contribution in [0.3, 0.4) is 0 Å². The van der Waals surface area contributed by atoms with Gasteiger partial charge in [0.25, 0.3) is 5.88 Å². The third-order valence-corrected chi connectivity index (χ3v) is 2.81. The van der Waals surface area contributed by atoms with Crippen molar-refractivity contribution in [3.05, 3.63) is 11.6 Å². The zero-order chi connectivity index (χ0) is 12.3. The van der Waals surface area contributed by atoms with Gasteiger partial charge in [0.15, 0.2) is 5.76 Å². The SMILES string of the molecule is CCC1=NC(O)=C(O)CN1C(C)CC(C)C. The van der Waals surface area contributed by atoms with E-state index in [2.05, 4.69) is 30.7 Å². The molecule has 0 aromatic rings. The Labute approximate surface area is 97.3 Å². The van der Waals surface area contributed by atoms with Crippen molar-refractivity contribution in [3.8, 4) is 0 Å². The summed E-state index contributed by atoms with van der Waals surface area (Å²) in [6.07, 6.45) is 1.81. The van der Waals surface area contributed by atoms with Gasteiger partial charge < -0.3 is 15.1 Å². The molecule has 4 heteroatoms. The highest BCUT2D eigenvalue weighted by atomic mass is 16.3. The van der Waals surface area contributed by atoms with Crippen LogP contribution in [0.1, 0.15) is 40.5 Å². The first kappa shape index (κ1) is 12.9. The first-order chi connectivity index (χ1) is 7.45. The lowest BCUT2D eigenvalue weighted by atomic mass is 10.0. The Kier molecular flexibility index (Phi) is 4.21. The summed E-state index contributed by atoms with van der Waals surface area (Å²) < 4.78 is 0. The maximum absolute atomic E-state index is 9.53. The normalized spacial score (nSPS) is 19.1. The second kappa shape index (κ2) is 5.23. The second-order valence-corrected chi connectivity index (χ2v) is 4.76. The molecule has 0 aromatic heterocycles. The molecule has 2 N–H and O–H groups in total. The standard InChI is InChI=1S/C12H22N2O2/c1-5-11-13-12(16)10(15)7-14(11)9(4)6-8(2)3/h8-9,15-16H,5-7H2,1-4H3. The van der Waals surface area contributed by atoms with Gasteiger partial charge in [-0.05, 0) is 19.3 Å². The van der Waals surface area contributed by atoms with Crippen molar-refractivity contribution in [2.75, 3.05) is 6.54 Å². The number of hydrogen-bond donors (Lipinski definition) is 2. The Hall–Kier alpha value is -1.19. The molecule has 1 heterocycles. The van der Waals surface area contributed by atoms with E-state index in [-0.39, 0.29) is 11.6 Å². The molecule has 0 amide bonds. The van der Waals surface area contributed by atoms with E-state index >= 15 is 0 Å². The van der Waals surface area contributed by atoms with Crippen LogP contribution in [0.5, 0.6) is 0 Å². The summed E-state index contributed by atoms with van der Waals surface area (Å²) in [6.45, 7) is 8.85. The Bertz CT molecular complexity index is 308. The molecule has 0 aromatic carbocycles. The smallest absolute Gasteiger partial charge is 0.253 e. The molecule has 0 spiro atoms. The second-order valence-electron chi connectivity index (χ2n) is 4.76. The average Bonchev–Trinajstić information content (AvgIpc) is 2.20.